The molecule has 1 saturated carbocycles. The summed E-state index contributed by atoms with van der Waals surface area (Å²) in [6.45, 7) is 3.31. The number of sulfone groups is 1. The highest BCUT2D eigenvalue weighted by molar-refractivity contribution is 8.00. The second kappa shape index (κ2) is 10.0. The summed E-state index contributed by atoms with van der Waals surface area (Å²) in [5.41, 5.74) is 0.291. The third-order valence-electron chi connectivity index (χ3n) is 5.07. The molecule has 3 rings (SSSR count). The van der Waals surface area contributed by atoms with E-state index in [0.717, 1.165) is 12.8 Å². The van der Waals surface area contributed by atoms with Crippen LogP contribution < -0.4 is 5.32 Å². The van der Waals surface area contributed by atoms with E-state index < -0.39 is 22.4 Å². The minimum atomic E-state index is -3.12. The SMILES string of the molecule is CC(C)NC(=O)CSc1ccccc1C(=O)OCC(=O)N(C1CC1)[C@@H]1CCS(=O)(=O)C1. The van der Waals surface area contributed by atoms with E-state index in [1.54, 1.807) is 29.2 Å². The number of rotatable bonds is 9. The second-order valence-electron chi connectivity index (χ2n) is 8.17. The van der Waals surface area contributed by atoms with Crippen molar-refractivity contribution in [1.82, 2.24) is 10.2 Å². The monoisotopic (exact) mass is 468 g/mol. The lowest BCUT2D eigenvalue weighted by atomic mass is 10.2. The van der Waals surface area contributed by atoms with Crippen LogP contribution >= 0.6 is 11.8 Å². The highest BCUT2D eigenvalue weighted by Gasteiger charge is 2.42. The second-order valence-corrected chi connectivity index (χ2v) is 11.4. The van der Waals surface area contributed by atoms with Crippen LogP contribution in [0.25, 0.3) is 0 Å². The molecule has 1 heterocycles. The zero-order valence-corrected chi connectivity index (χ0v) is 19.3. The van der Waals surface area contributed by atoms with Crippen molar-refractivity contribution >= 4 is 39.4 Å². The number of amides is 2. The highest BCUT2D eigenvalue weighted by Crippen LogP contribution is 2.32. The molecule has 2 fully saturated rings. The predicted molar refractivity (Wildman–Crippen MR) is 118 cm³/mol. The van der Waals surface area contributed by atoms with Crippen molar-refractivity contribution in [1.29, 1.82) is 0 Å². The van der Waals surface area contributed by atoms with Gasteiger partial charge in [-0.2, -0.15) is 0 Å². The summed E-state index contributed by atoms with van der Waals surface area (Å²) in [5.74, 6) is -0.920. The Balaban J connectivity index is 1.59. The molecule has 0 radical (unpaired) electrons. The zero-order chi connectivity index (χ0) is 22.6. The van der Waals surface area contributed by atoms with Gasteiger partial charge in [-0.25, -0.2) is 13.2 Å². The molecule has 2 aliphatic rings. The van der Waals surface area contributed by atoms with Crippen LogP contribution in [0.5, 0.6) is 0 Å². The number of thioether (sulfide) groups is 1. The summed E-state index contributed by atoms with van der Waals surface area (Å²) < 4.78 is 28.9. The number of nitrogens with zero attached hydrogens (tertiary/aromatic N) is 1. The summed E-state index contributed by atoms with van der Waals surface area (Å²) in [5, 5.41) is 2.79. The Kier molecular flexibility index (Phi) is 7.64. The lowest BCUT2D eigenvalue weighted by molar-refractivity contribution is -0.137. The topological polar surface area (TPSA) is 110 Å². The molecule has 8 nitrogen and oxygen atoms in total. The summed E-state index contributed by atoms with van der Waals surface area (Å²) in [7, 11) is -3.12. The molecule has 2 amide bonds. The molecule has 1 saturated heterocycles. The number of esters is 1. The van der Waals surface area contributed by atoms with Crippen molar-refractivity contribution in [3.05, 3.63) is 29.8 Å². The molecule has 0 spiro atoms. The van der Waals surface area contributed by atoms with Crippen LogP contribution in [0.4, 0.5) is 0 Å². The Morgan fingerprint density at radius 1 is 1.16 bits per heavy atom. The lowest BCUT2D eigenvalue weighted by Gasteiger charge is -2.28. The van der Waals surface area contributed by atoms with Crippen LogP contribution in [-0.2, 0) is 24.2 Å². The molecule has 1 aliphatic carbocycles. The van der Waals surface area contributed by atoms with E-state index in [0.29, 0.717) is 16.9 Å². The fourth-order valence-corrected chi connectivity index (χ4v) is 6.16. The lowest BCUT2D eigenvalue weighted by Crippen LogP contribution is -2.44. The summed E-state index contributed by atoms with van der Waals surface area (Å²) in [4.78, 5) is 39.5. The van der Waals surface area contributed by atoms with Crippen LogP contribution in [0, 0.1) is 0 Å². The largest absolute Gasteiger partial charge is 0.452 e. The predicted octanol–water partition coefficient (Wildman–Crippen LogP) is 1.64. The molecule has 1 atom stereocenters. The number of nitrogens with one attached hydrogen (secondary N) is 1. The van der Waals surface area contributed by atoms with Crippen molar-refractivity contribution in [2.75, 3.05) is 23.9 Å². The van der Waals surface area contributed by atoms with Gasteiger partial charge < -0.3 is 15.0 Å². The maximum Gasteiger partial charge on any atom is 0.339 e. The molecule has 0 unspecified atom stereocenters. The van der Waals surface area contributed by atoms with Gasteiger partial charge in [0.1, 0.15) is 0 Å². The van der Waals surface area contributed by atoms with E-state index >= 15 is 0 Å². The highest BCUT2D eigenvalue weighted by atomic mass is 32.2. The molecular formula is C21H28N2O6S2. The van der Waals surface area contributed by atoms with E-state index in [4.69, 9.17) is 4.74 Å². The average Bonchev–Trinajstić information content (AvgIpc) is 3.47. The Morgan fingerprint density at radius 3 is 2.48 bits per heavy atom. The molecule has 1 aliphatic heterocycles. The van der Waals surface area contributed by atoms with Crippen molar-refractivity contribution in [2.45, 2.75) is 56.1 Å². The molecule has 10 heteroatoms. The number of hydrogen-bond donors (Lipinski definition) is 1. The average molecular weight is 469 g/mol. The molecule has 1 N–H and O–H groups in total. The molecule has 0 aromatic heterocycles. The molecule has 1 aromatic carbocycles. The van der Waals surface area contributed by atoms with Gasteiger partial charge in [0.2, 0.25) is 5.91 Å². The molecule has 0 bridgehead atoms. The zero-order valence-electron chi connectivity index (χ0n) is 17.7. The van der Waals surface area contributed by atoms with Crippen molar-refractivity contribution in [3.8, 4) is 0 Å². The van der Waals surface area contributed by atoms with E-state index in [2.05, 4.69) is 5.32 Å². The third kappa shape index (κ3) is 6.70. The summed E-state index contributed by atoms with van der Waals surface area (Å²) in [6.07, 6.45) is 2.11. The Hall–Kier alpha value is -2.07. The van der Waals surface area contributed by atoms with Gasteiger partial charge in [-0.15, -0.1) is 11.8 Å². The van der Waals surface area contributed by atoms with Gasteiger partial charge in [0.25, 0.3) is 5.91 Å². The Morgan fingerprint density at radius 2 is 1.87 bits per heavy atom. The molecule has 1 aromatic rings. The van der Waals surface area contributed by atoms with Gasteiger partial charge in [0.15, 0.2) is 16.4 Å². The Labute approximate surface area is 187 Å². The molecular weight excluding hydrogens is 440 g/mol. The van der Waals surface area contributed by atoms with Crippen molar-refractivity contribution < 1.29 is 27.5 Å². The van der Waals surface area contributed by atoms with E-state index in [9.17, 15) is 22.8 Å². The first-order valence-corrected chi connectivity index (χ1v) is 13.2. The third-order valence-corrected chi connectivity index (χ3v) is 7.90. The smallest absolute Gasteiger partial charge is 0.339 e. The first-order valence-electron chi connectivity index (χ1n) is 10.4. The minimum absolute atomic E-state index is 0.0267. The van der Waals surface area contributed by atoms with E-state index in [1.807, 2.05) is 13.8 Å². The van der Waals surface area contributed by atoms with Crippen LogP contribution in [0.1, 0.15) is 43.5 Å². The van der Waals surface area contributed by atoms with Crippen LogP contribution in [0.3, 0.4) is 0 Å². The van der Waals surface area contributed by atoms with Gasteiger partial charge >= 0.3 is 5.97 Å². The number of ether oxygens (including phenoxy) is 1. The normalized spacial score (nSPS) is 19.8. The van der Waals surface area contributed by atoms with Gasteiger partial charge in [-0.1, -0.05) is 12.1 Å². The summed E-state index contributed by atoms with van der Waals surface area (Å²) in [6, 6.07) is 6.50. The van der Waals surface area contributed by atoms with Gasteiger partial charge in [0.05, 0.1) is 22.8 Å². The molecule has 31 heavy (non-hydrogen) atoms. The van der Waals surface area contributed by atoms with Crippen LogP contribution in [0.2, 0.25) is 0 Å². The first kappa shape index (κ1) is 23.6. The van der Waals surface area contributed by atoms with Gasteiger partial charge in [0, 0.05) is 23.0 Å². The standard InChI is InChI=1S/C21H28N2O6S2/c1-14(2)22-19(24)12-30-18-6-4-3-5-17(18)21(26)29-11-20(25)23(15-7-8-15)16-9-10-31(27,28)13-16/h3-6,14-16H,7-13H2,1-2H3,(H,22,24)/t16-/m1/s1. The van der Waals surface area contributed by atoms with Crippen LogP contribution in [-0.4, -0.2) is 73.1 Å². The fraction of sp³-hybridized carbons (Fsp3) is 0.571. The number of carbonyl (C=O) groups excluding carboxylic acids is 3. The Bertz CT molecular complexity index is 943. The van der Waals surface area contributed by atoms with E-state index in [-0.39, 0.29) is 47.2 Å². The molecule has 170 valence electrons. The number of carbonyl (C=O) groups is 3. The van der Waals surface area contributed by atoms with Crippen molar-refractivity contribution in [2.24, 2.45) is 0 Å². The quantitative estimate of drug-likeness (QED) is 0.433. The maximum absolute atomic E-state index is 12.8. The summed E-state index contributed by atoms with van der Waals surface area (Å²) >= 11 is 1.23. The van der Waals surface area contributed by atoms with E-state index in [1.165, 1.54) is 11.8 Å². The number of hydrogen-bond acceptors (Lipinski definition) is 7. The maximum atomic E-state index is 12.8. The van der Waals surface area contributed by atoms with Gasteiger partial charge in [-0.05, 0) is 45.2 Å². The van der Waals surface area contributed by atoms with Gasteiger partial charge in [-0.3, -0.25) is 9.59 Å². The van der Waals surface area contributed by atoms with Crippen LogP contribution in [0.15, 0.2) is 29.2 Å². The number of benzene rings is 1. The van der Waals surface area contributed by atoms with Crippen molar-refractivity contribution in [3.63, 3.8) is 0 Å². The fourth-order valence-electron chi connectivity index (χ4n) is 3.60. The minimum Gasteiger partial charge on any atom is -0.452 e. The first-order chi connectivity index (χ1) is 14.7.